The van der Waals surface area contributed by atoms with Crippen LogP contribution in [0.2, 0.25) is 10.0 Å². The number of fused-ring (bicyclic) bond motifs is 15. The summed E-state index contributed by atoms with van der Waals surface area (Å²) in [5, 5.41) is 135. The molecule has 0 spiro atoms. The Labute approximate surface area is 644 Å². The van der Waals surface area contributed by atoms with Gasteiger partial charge in [0, 0.05) is 35.6 Å². The third kappa shape index (κ3) is 18.2. The Bertz CT molecular complexity index is 4420. The normalized spacial score (nSPS) is 29.6. The maximum absolute atomic E-state index is 16.1. The zero-order valence-electron chi connectivity index (χ0n) is 60.3. The van der Waals surface area contributed by atoms with Crippen molar-refractivity contribution in [2.75, 3.05) is 13.7 Å². The number of benzene rings is 5. The second-order valence-corrected chi connectivity index (χ2v) is 29.3. The summed E-state index contributed by atoms with van der Waals surface area (Å²) in [6.07, 6.45) is -13.2. The molecule has 0 aromatic heterocycles. The molecule has 19 atom stereocenters. The summed E-state index contributed by atoms with van der Waals surface area (Å²) in [6, 6.07) is -0.477. The minimum Gasteiger partial charge on any atom is -0.508 e. The monoisotopic (exact) mass is 1580 g/mol. The van der Waals surface area contributed by atoms with E-state index in [2.05, 4.69) is 48.6 Å². The molecule has 111 heavy (non-hydrogen) atoms. The number of allylic oxidation sites excluding steroid dienone is 2. The van der Waals surface area contributed by atoms with Gasteiger partial charge in [-0.25, -0.2) is 9.59 Å². The summed E-state index contributed by atoms with van der Waals surface area (Å²) in [5.41, 5.74) is -4.44. The van der Waals surface area contributed by atoms with Crippen LogP contribution in [0, 0.1) is 5.92 Å². The second kappa shape index (κ2) is 34.8. The minimum absolute atomic E-state index is 0.0957. The molecule has 7 aliphatic heterocycles. The second-order valence-electron chi connectivity index (χ2n) is 28.5. The highest BCUT2D eigenvalue weighted by Crippen LogP contribution is 2.50. The number of aromatic hydroxyl groups is 3. The summed E-state index contributed by atoms with van der Waals surface area (Å²) in [5.74, 6) is -14.7. The fraction of sp³-hybridized carbons (Fsp3) is 0.453. The van der Waals surface area contributed by atoms with Gasteiger partial charge in [0.05, 0.1) is 34.3 Å². The predicted octanol–water partition coefficient (Wildman–Crippen LogP) is 3.48. The molecule has 13 rings (SSSR count). The van der Waals surface area contributed by atoms with Gasteiger partial charge >= 0.3 is 12.1 Å². The Morgan fingerprint density at radius 2 is 1.35 bits per heavy atom. The van der Waals surface area contributed by atoms with Gasteiger partial charge in [0.15, 0.2) is 29.9 Å². The Balaban J connectivity index is 1.11. The van der Waals surface area contributed by atoms with Crippen molar-refractivity contribution in [3.05, 3.63) is 129 Å². The number of carboxylic acids is 1. The van der Waals surface area contributed by atoms with Crippen LogP contribution in [0.1, 0.15) is 137 Å². The molecule has 596 valence electrons. The lowest BCUT2D eigenvalue weighted by molar-refractivity contribution is -0.334. The molecule has 7 amide bonds. The highest BCUT2D eigenvalue weighted by Gasteiger charge is 2.53. The van der Waals surface area contributed by atoms with Crippen LogP contribution < -0.4 is 56.7 Å². The molecule has 2 fully saturated rings. The van der Waals surface area contributed by atoms with Gasteiger partial charge in [0.25, 0.3) is 0 Å². The molecule has 7 heterocycles. The van der Waals surface area contributed by atoms with Crippen molar-refractivity contribution < 1.29 is 127 Å². The smallest absolute Gasteiger partial charge is 0.407 e. The molecule has 36 heteroatoms. The maximum Gasteiger partial charge on any atom is 0.407 e. The quantitative estimate of drug-likeness (QED) is 0.0527. The number of aliphatic carboxylic acids is 1. The van der Waals surface area contributed by atoms with Gasteiger partial charge in [-0.2, -0.15) is 0 Å². The van der Waals surface area contributed by atoms with Crippen molar-refractivity contribution in [2.45, 2.75) is 194 Å². The molecule has 11 bridgehead atoms. The van der Waals surface area contributed by atoms with Crippen LogP contribution >= 0.6 is 23.2 Å². The molecule has 0 radical (unpaired) electrons. The number of nitrogens with one attached hydrogen (secondary N) is 8. The van der Waals surface area contributed by atoms with Gasteiger partial charge in [0.1, 0.15) is 108 Å². The molecule has 34 nitrogen and oxygen atoms in total. The van der Waals surface area contributed by atoms with Crippen molar-refractivity contribution in [1.29, 1.82) is 0 Å². The van der Waals surface area contributed by atoms with E-state index in [-0.39, 0.29) is 52.5 Å². The van der Waals surface area contributed by atoms with Gasteiger partial charge in [0.2, 0.25) is 47.5 Å². The first kappa shape index (κ1) is 82.0. The van der Waals surface area contributed by atoms with Crippen molar-refractivity contribution in [2.24, 2.45) is 5.92 Å². The third-order valence-corrected chi connectivity index (χ3v) is 20.6. The number of hydrogen-bond donors (Lipinski definition) is 18. The van der Waals surface area contributed by atoms with Crippen LogP contribution in [0.25, 0.3) is 11.1 Å². The number of phenols is 3. The van der Waals surface area contributed by atoms with Crippen LogP contribution in [-0.4, -0.2) is 204 Å². The standard InChI is InChI=1S/C75H86Cl2N8O26/c1-31(2)21-44(78-5)67(97)83-57-59(91)34-14-17-47(41(76)23-34)107-49-25-36-26-50(63(49)111-73-64(62(94)61(93)51(30-87)109-73)110-52-29-75(4,65(95)32(3)105-52)85-74(104)106-38-11-9-7-6-8-10-12-38)108-48-18-15-35(24-42(48)77)60(92)58-71(101)82-56(72(102)103)40-27-37(88)28-46(90)53(40)39-22-33(13-16-45(39)89)54(68(98)84-58)81-69(99)55(36)80-66(96)43(19-20-86)79-70(57)100/h6-7,13-18,20,22-28,31-32,38,43-44,51-52,54-62,64-65,73,78,87-95H,8-12,19,21,29-30H2,1-5H3,(H,79,100)(H,80,96)(H,81,99)(H,82,101)(H,83,97)(H,84,98)(H,85,104)(H,102,103)/b7-6+/t32-,38?,43-,44+,51+,52-,54?,55+,56-,57+,58-,59+,60+,61+,62-,64+,65-,73-,75-/m0/s1. The van der Waals surface area contributed by atoms with Gasteiger partial charge in [-0.1, -0.05) is 67.4 Å². The lowest BCUT2D eigenvalue weighted by Gasteiger charge is -2.48. The Kier molecular flexibility index (Phi) is 25.7. The Morgan fingerprint density at radius 1 is 0.712 bits per heavy atom. The number of aldehydes is 1. The summed E-state index contributed by atoms with van der Waals surface area (Å²) in [6.45, 7) is 5.61. The number of carbonyl (C=O) groups excluding carboxylic acids is 8. The number of ether oxygens (including phenoxy) is 7. The SMILES string of the molecule is CN[C@H](CC(C)C)C(=O)N[C@H]1C(=O)N[C@@H](CC=O)C(=O)N[C@H]2C(=O)NC3C(=O)N[C@H](C(=O)N[C@H](C(=O)O)c4cc(O)cc(O)c4-c4cc3ccc4O)[C@H](O)c3ccc(c(Cl)c3)Oc3cc2cc(c3O[C@@H]2O[C@H](CO)[C@@H](O)[C@H](O)[C@H]2O[C@H]2C[C@](C)(NC(=O)OC3CC/C=C/CCC3)[C@@H](O)[C@H](C)O2)Oc2ccc(cc2Cl)[C@H]1O. The van der Waals surface area contributed by atoms with E-state index in [9.17, 15) is 79.8 Å². The number of amides is 7. The molecule has 5 aromatic rings. The largest absolute Gasteiger partial charge is 0.508 e. The van der Waals surface area contributed by atoms with Crippen LogP contribution in [0.4, 0.5) is 4.79 Å². The van der Waals surface area contributed by atoms with Crippen LogP contribution in [0.15, 0.2) is 91.0 Å². The van der Waals surface area contributed by atoms with E-state index < -0.39 is 243 Å². The minimum atomic E-state index is -2.33. The van der Waals surface area contributed by atoms with E-state index in [1.54, 1.807) is 0 Å². The summed E-state index contributed by atoms with van der Waals surface area (Å²) in [7, 11) is 1.48. The molecular weight excluding hydrogens is 1500 g/mol. The van der Waals surface area contributed by atoms with E-state index in [0.717, 1.165) is 79.6 Å². The predicted molar refractivity (Wildman–Crippen MR) is 388 cm³/mol. The number of carboxylic acid groups (broad SMARTS) is 1. The maximum atomic E-state index is 16.1. The molecule has 2 saturated heterocycles. The number of aliphatic hydroxyl groups excluding tert-OH is 6. The average molecular weight is 1590 g/mol. The molecular formula is C75H86Cl2N8O26. The lowest BCUT2D eigenvalue weighted by Crippen LogP contribution is -2.66. The number of alkyl carbamates (subject to hydrolysis) is 1. The third-order valence-electron chi connectivity index (χ3n) is 20.0. The van der Waals surface area contributed by atoms with E-state index >= 15 is 14.4 Å². The van der Waals surface area contributed by atoms with Crippen molar-refractivity contribution in [3.8, 4) is 57.1 Å². The van der Waals surface area contributed by atoms with E-state index in [0.29, 0.717) is 19.3 Å². The van der Waals surface area contributed by atoms with Crippen LogP contribution in [0.5, 0.6) is 46.0 Å². The Hall–Kier alpha value is -9.95. The number of hydrogen-bond acceptors (Lipinski definition) is 26. The molecule has 5 aromatic carbocycles. The first-order chi connectivity index (χ1) is 52.8. The van der Waals surface area contributed by atoms with Crippen LogP contribution in [0.3, 0.4) is 0 Å². The van der Waals surface area contributed by atoms with Crippen molar-refractivity contribution in [1.82, 2.24) is 42.5 Å². The van der Waals surface area contributed by atoms with Crippen LogP contribution in [-0.2, 0) is 57.3 Å². The lowest BCUT2D eigenvalue weighted by atomic mass is 9.85. The fourth-order valence-corrected chi connectivity index (χ4v) is 14.6. The van der Waals surface area contributed by atoms with E-state index in [1.807, 2.05) is 19.9 Å². The summed E-state index contributed by atoms with van der Waals surface area (Å²) in [4.78, 5) is 131. The zero-order chi connectivity index (χ0) is 80.2. The fourth-order valence-electron chi connectivity index (χ4n) is 14.2. The number of halogens is 2. The number of carbonyl (C=O) groups is 9. The molecule has 18 N–H and O–H groups in total. The average Bonchev–Trinajstić information content (AvgIpc) is 0.769. The molecule has 8 aliphatic rings. The van der Waals surface area contributed by atoms with Crippen molar-refractivity contribution in [3.63, 3.8) is 0 Å². The van der Waals surface area contributed by atoms with Gasteiger partial charge < -0.3 is 132 Å². The van der Waals surface area contributed by atoms with Gasteiger partial charge in [-0.05, 0) is 142 Å². The molecule has 1 aliphatic carbocycles. The summed E-state index contributed by atoms with van der Waals surface area (Å²) >= 11 is 14.2. The first-order valence-corrected chi connectivity index (χ1v) is 36.5. The molecule has 2 unspecified atom stereocenters. The molecule has 0 saturated carbocycles. The van der Waals surface area contributed by atoms with E-state index in [1.165, 1.54) is 33.0 Å². The zero-order valence-corrected chi connectivity index (χ0v) is 61.8. The first-order valence-electron chi connectivity index (χ1n) is 35.7. The van der Waals surface area contributed by atoms with Gasteiger partial charge in [-0.15, -0.1) is 0 Å². The highest BCUT2D eigenvalue weighted by molar-refractivity contribution is 6.32. The number of rotatable bonds is 15. The highest BCUT2D eigenvalue weighted by atomic mass is 35.5. The Morgan fingerprint density at radius 3 is 1.99 bits per heavy atom. The summed E-state index contributed by atoms with van der Waals surface area (Å²) < 4.78 is 44.9. The van der Waals surface area contributed by atoms with Crippen molar-refractivity contribution >= 4 is 77.0 Å². The number of aliphatic hydroxyl groups is 6. The van der Waals surface area contributed by atoms with Gasteiger partial charge in [-0.3, -0.25) is 28.8 Å². The van der Waals surface area contributed by atoms with E-state index in [4.69, 9.17) is 56.4 Å². The topological polar surface area (TPSA) is 517 Å². The number of likely N-dealkylation sites (N-methyl/N-ethyl adjacent to an activating group) is 1. The number of phenolic OH excluding ortho intramolecular Hbond substituents is 3.